The summed E-state index contributed by atoms with van der Waals surface area (Å²) in [5, 5.41) is 2.24. The van der Waals surface area contributed by atoms with Gasteiger partial charge in [0.05, 0.1) is 11.1 Å². The standard InChI is InChI=1S/C31H43N5O6/c1-30(2,3)42-29(41)34-12-10-20(11-13-34)19-31(4,5)35-16-14-33(15-17-35)21-6-7-22-23(18-21)28(40)36(27(22)39)24-8-9-25(37)32-26(24)38/h6-7,18,20,24H,8-17,19H2,1-5H3,(H,32,37,38). The lowest BCUT2D eigenvalue weighted by Crippen LogP contribution is -2.55. The summed E-state index contributed by atoms with van der Waals surface area (Å²) in [5.74, 6) is -1.41. The average molecular weight is 582 g/mol. The molecule has 0 aliphatic carbocycles. The van der Waals surface area contributed by atoms with E-state index in [9.17, 15) is 24.0 Å². The number of benzene rings is 1. The predicted molar refractivity (Wildman–Crippen MR) is 156 cm³/mol. The molecule has 4 aliphatic rings. The zero-order valence-corrected chi connectivity index (χ0v) is 25.4. The van der Waals surface area contributed by atoms with Crippen molar-refractivity contribution in [3.63, 3.8) is 0 Å². The van der Waals surface area contributed by atoms with Crippen LogP contribution in [-0.4, -0.2) is 101 Å². The summed E-state index contributed by atoms with van der Waals surface area (Å²) in [6.07, 6.45) is 3.02. The first-order chi connectivity index (χ1) is 19.7. The van der Waals surface area contributed by atoms with Crippen molar-refractivity contribution >= 4 is 35.4 Å². The first kappa shape index (κ1) is 30.0. The molecule has 4 aliphatic heterocycles. The summed E-state index contributed by atoms with van der Waals surface area (Å²) in [7, 11) is 0. The van der Waals surface area contributed by atoms with Crippen molar-refractivity contribution < 1.29 is 28.7 Å². The van der Waals surface area contributed by atoms with Crippen LogP contribution in [0.15, 0.2) is 18.2 Å². The highest BCUT2D eigenvalue weighted by atomic mass is 16.6. The largest absolute Gasteiger partial charge is 0.444 e. The van der Waals surface area contributed by atoms with E-state index < -0.39 is 29.4 Å². The second kappa shape index (κ2) is 11.3. The number of nitrogens with zero attached hydrogens (tertiary/aromatic N) is 4. The number of nitrogens with one attached hydrogen (secondary N) is 1. The minimum absolute atomic E-state index is 0.00756. The van der Waals surface area contributed by atoms with E-state index in [0.717, 1.165) is 69.1 Å². The molecule has 42 heavy (non-hydrogen) atoms. The van der Waals surface area contributed by atoms with Gasteiger partial charge in [-0.2, -0.15) is 0 Å². The van der Waals surface area contributed by atoms with E-state index in [1.54, 1.807) is 12.1 Å². The fourth-order valence-electron chi connectivity index (χ4n) is 6.71. The maximum atomic E-state index is 13.2. The van der Waals surface area contributed by atoms with Crippen LogP contribution in [0.4, 0.5) is 10.5 Å². The molecule has 3 saturated heterocycles. The summed E-state index contributed by atoms with van der Waals surface area (Å²) in [6.45, 7) is 15.0. The van der Waals surface area contributed by atoms with Gasteiger partial charge in [0.25, 0.3) is 11.8 Å². The minimum Gasteiger partial charge on any atom is -0.444 e. The van der Waals surface area contributed by atoms with Crippen LogP contribution in [0.1, 0.15) is 87.4 Å². The van der Waals surface area contributed by atoms with Gasteiger partial charge in [-0.15, -0.1) is 0 Å². The number of piperidine rings is 2. The summed E-state index contributed by atoms with van der Waals surface area (Å²) in [6, 6.07) is 4.35. The number of fused-ring (bicyclic) bond motifs is 1. The molecule has 3 fully saturated rings. The zero-order chi connectivity index (χ0) is 30.4. The Kier molecular flexibility index (Phi) is 8.08. The smallest absolute Gasteiger partial charge is 0.410 e. The van der Waals surface area contributed by atoms with Gasteiger partial charge in [0.15, 0.2) is 0 Å². The van der Waals surface area contributed by atoms with Crippen LogP contribution in [-0.2, 0) is 14.3 Å². The van der Waals surface area contributed by atoms with Crippen LogP contribution < -0.4 is 10.2 Å². The second-order valence-electron chi connectivity index (χ2n) is 13.6. The number of hydrogen-bond acceptors (Lipinski definition) is 8. The topological polar surface area (TPSA) is 120 Å². The molecule has 1 aromatic rings. The van der Waals surface area contributed by atoms with Crippen LogP contribution in [0.5, 0.6) is 0 Å². The Morgan fingerprint density at radius 2 is 1.52 bits per heavy atom. The maximum absolute atomic E-state index is 13.2. The van der Waals surface area contributed by atoms with E-state index in [0.29, 0.717) is 17.0 Å². The fourth-order valence-corrected chi connectivity index (χ4v) is 6.71. The van der Waals surface area contributed by atoms with Crippen molar-refractivity contribution in [3.05, 3.63) is 29.3 Å². The number of imide groups is 2. The van der Waals surface area contributed by atoms with E-state index in [1.165, 1.54) is 0 Å². The molecule has 0 aromatic heterocycles. The number of rotatable bonds is 5. The van der Waals surface area contributed by atoms with Gasteiger partial charge in [-0.05, 0) is 84.4 Å². The molecule has 1 aromatic carbocycles. The van der Waals surface area contributed by atoms with Crippen LogP contribution in [0.2, 0.25) is 0 Å². The molecule has 1 unspecified atom stereocenters. The molecule has 228 valence electrons. The summed E-state index contributed by atoms with van der Waals surface area (Å²) >= 11 is 0. The van der Waals surface area contributed by atoms with Gasteiger partial charge in [-0.1, -0.05) is 0 Å². The van der Waals surface area contributed by atoms with E-state index in [4.69, 9.17) is 4.74 Å². The highest BCUT2D eigenvalue weighted by Crippen LogP contribution is 2.34. The number of carbonyl (C=O) groups excluding carboxylic acids is 5. The van der Waals surface area contributed by atoms with Crippen LogP contribution in [0.25, 0.3) is 0 Å². The molecule has 0 spiro atoms. The van der Waals surface area contributed by atoms with Gasteiger partial charge < -0.3 is 14.5 Å². The van der Waals surface area contributed by atoms with Crippen molar-refractivity contribution in [2.75, 3.05) is 44.2 Å². The molecule has 11 heteroatoms. The number of ether oxygens (including phenoxy) is 1. The molecular weight excluding hydrogens is 538 g/mol. The third-order valence-electron chi connectivity index (χ3n) is 8.98. The lowest BCUT2D eigenvalue weighted by Gasteiger charge is -2.47. The lowest BCUT2D eigenvalue weighted by molar-refractivity contribution is -0.136. The second-order valence-corrected chi connectivity index (χ2v) is 13.6. The quantitative estimate of drug-likeness (QED) is 0.527. The lowest BCUT2D eigenvalue weighted by atomic mass is 9.83. The SMILES string of the molecule is CC(C)(C)OC(=O)N1CCC(CC(C)(C)N2CCN(c3ccc4c(c3)C(=O)N(C3CCC(=O)NC3=O)C4=O)CC2)CC1. The molecule has 0 saturated carbocycles. The minimum atomic E-state index is -0.964. The molecule has 11 nitrogen and oxygen atoms in total. The Bertz CT molecular complexity index is 1270. The van der Waals surface area contributed by atoms with Gasteiger partial charge in [0.2, 0.25) is 11.8 Å². The van der Waals surface area contributed by atoms with Crippen molar-refractivity contribution in [2.24, 2.45) is 5.92 Å². The van der Waals surface area contributed by atoms with Crippen LogP contribution in [0.3, 0.4) is 0 Å². The molecule has 1 atom stereocenters. The van der Waals surface area contributed by atoms with E-state index in [-0.39, 0.29) is 30.4 Å². The number of anilines is 1. The maximum Gasteiger partial charge on any atom is 0.410 e. The Labute approximate surface area is 247 Å². The van der Waals surface area contributed by atoms with Gasteiger partial charge in [0.1, 0.15) is 11.6 Å². The van der Waals surface area contributed by atoms with Crippen molar-refractivity contribution in [1.82, 2.24) is 20.0 Å². The first-order valence-corrected chi connectivity index (χ1v) is 15.1. The fraction of sp³-hybridized carbons (Fsp3) is 0.645. The number of piperazine rings is 1. The number of likely N-dealkylation sites (tertiary alicyclic amines) is 1. The Morgan fingerprint density at radius 1 is 0.881 bits per heavy atom. The Hall–Kier alpha value is -3.47. The molecule has 4 heterocycles. The van der Waals surface area contributed by atoms with Gasteiger partial charge in [0, 0.05) is 56.9 Å². The summed E-state index contributed by atoms with van der Waals surface area (Å²) < 4.78 is 5.54. The first-order valence-electron chi connectivity index (χ1n) is 15.1. The third-order valence-corrected chi connectivity index (χ3v) is 8.98. The van der Waals surface area contributed by atoms with Crippen molar-refractivity contribution in [3.8, 4) is 0 Å². The monoisotopic (exact) mass is 581 g/mol. The number of carbonyl (C=O) groups is 5. The van der Waals surface area contributed by atoms with E-state index in [2.05, 4.69) is 29.0 Å². The Morgan fingerprint density at radius 3 is 2.14 bits per heavy atom. The van der Waals surface area contributed by atoms with Crippen molar-refractivity contribution in [1.29, 1.82) is 0 Å². The zero-order valence-electron chi connectivity index (χ0n) is 25.4. The average Bonchev–Trinajstić information content (AvgIpc) is 3.17. The van der Waals surface area contributed by atoms with Crippen molar-refractivity contribution in [2.45, 2.75) is 83.9 Å². The van der Waals surface area contributed by atoms with Crippen LogP contribution in [0, 0.1) is 5.92 Å². The molecule has 0 bridgehead atoms. The van der Waals surface area contributed by atoms with Gasteiger partial charge in [-0.3, -0.25) is 34.3 Å². The molecule has 0 radical (unpaired) electrons. The highest BCUT2D eigenvalue weighted by Gasteiger charge is 2.45. The number of amides is 5. The van der Waals surface area contributed by atoms with E-state index >= 15 is 0 Å². The van der Waals surface area contributed by atoms with Gasteiger partial charge >= 0.3 is 6.09 Å². The predicted octanol–water partition coefficient (Wildman–Crippen LogP) is 3.03. The Balaban J connectivity index is 1.15. The normalized spacial score (nSPS) is 22.9. The van der Waals surface area contributed by atoms with E-state index in [1.807, 2.05) is 31.7 Å². The molecule has 1 N–H and O–H groups in total. The molecule has 5 amide bonds. The number of hydrogen-bond donors (Lipinski definition) is 1. The molecular formula is C31H43N5O6. The summed E-state index contributed by atoms with van der Waals surface area (Å²) in [4.78, 5) is 70.2. The summed E-state index contributed by atoms with van der Waals surface area (Å²) in [5.41, 5.74) is 1.01. The third kappa shape index (κ3) is 6.16. The van der Waals surface area contributed by atoms with Crippen LogP contribution >= 0.6 is 0 Å². The molecule has 5 rings (SSSR count). The highest BCUT2D eigenvalue weighted by molar-refractivity contribution is 6.23. The van der Waals surface area contributed by atoms with Gasteiger partial charge in [-0.25, -0.2) is 4.79 Å².